The molecule has 0 bridgehead atoms. The van der Waals surface area contributed by atoms with Crippen molar-refractivity contribution in [2.75, 3.05) is 31.5 Å². The lowest BCUT2D eigenvalue weighted by Gasteiger charge is -2.37. The van der Waals surface area contributed by atoms with Gasteiger partial charge in [0.25, 0.3) is 5.91 Å². The van der Waals surface area contributed by atoms with E-state index in [-0.39, 0.29) is 0 Å². The zero-order valence-electron chi connectivity index (χ0n) is 15.1. The van der Waals surface area contributed by atoms with Crippen molar-refractivity contribution in [3.63, 3.8) is 0 Å². The Labute approximate surface area is 155 Å². The minimum Gasteiger partial charge on any atom is -0.468 e. The summed E-state index contributed by atoms with van der Waals surface area (Å²) in [6, 6.07) is 13.9. The first-order chi connectivity index (χ1) is 13.0. The third kappa shape index (κ3) is 1.73. The molecule has 4 rings (SSSR count). The van der Waals surface area contributed by atoms with Gasteiger partial charge in [-0.2, -0.15) is 0 Å². The number of para-hydroxylation sites is 2. The number of likely N-dealkylation sites (N-methyl/N-ethyl adjacent to an activating group) is 1. The van der Waals surface area contributed by atoms with Crippen LogP contribution in [0.1, 0.15) is 11.1 Å². The van der Waals surface area contributed by atoms with Crippen LogP contribution in [0, 0.1) is 0 Å². The molecule has 7 nitrogen and oxygen atoms in total. The molecule has 2 heterocycles. The standard InChI is InChI=1S/C20H18N2O5/c1-22-15-11-7-5-9-13(15)20(16(22)23)19(17(24)26-2,18(25)27-3)12-8-4-6-10-14(12)21-20/h4-11,21H,1-3H3/t20-/m0/s1. The highest BCUT2D eigenvalue weighted by Crippen LogP contribution is 2.59. The van der Waals surface area contributed by atoms with Crippen molar-refractivity contribution in [2.45, 2.75) is 11.0 Å². The van der Waals surface area contributed by atoms with Gasteiger partial charge in [0.2, 0.25) is 5.41 Å². The zero-order chi connectivity index (χ0) is 19.4. The summed E-state index contributed by atoms with van der Waals surface area (Å²) in [5.41, 5.74) is -1.72. The smallest absolute Gasteiger partial charge is 0.331 e. The molecule has 138 valence electrons. The molecule has 0 saturated heterocycles. The lowest BCUT2D eigenvalue weighted by molar-refractivity contribution is -0.167. The second kappa shape index (κ2) is 5.57. The summed E-state index contributed by atoms with van der Waals surface area (Å²) < 4.78 is 10.1. The quantitative estimate of drug-likeness (QED) is 0.642. The topological polar surface area (TPSA) is 84.9 Å². The lowest BCUT2D eigenvalue weighted by Crippen LogP contribution is -2.64. The maximum absolute atomic E-state index is 13.6. The van der Waals surface area contributed by atoms with E-state index in [9.17, 15) is 14.4 Å². The number of esters is 2. The number of nitrogens with one attached hydrogen (secondary N) is 1. The van der Waals surface area contributed by atoms with Gasteiger partial charge in [-0.15, -0.1) is 0 Å². The molecule has 0 radical (unpaired) electrons. The molecular weight excluding hydrogens is 348 g/mol. The van der Waals surface area contributed by atoms with Crippen molar-refractivity contribution >= 4 is 29.2 Å². The number of rotatable bonds is 2. The van der Waals surface area contributed by atoms with Gasteiger partial charge in [0, 0.05) is 29.5 Å². The molecule has 7 heteroatoms. The van der Waals surface area contributed by atoms with E-state index in [0.717, 1.165) is 0 Å². The van der Waals surface area contributed by atoms with Crippen LogP contribution >= 0.6 is 0 Å². The van der Waals surface area contributed by atoms with E-state index in [1.54, 1.807) is 55.6 Å². The molecule has 1 atom stereocenters. The Morgan fingerprint density at radius 2 is 1.48 bits per heavy atom. The number of benzene rings is 2. The van der Waals surface area contributed by atoms with Gasteiger partial charge in [-0.3, -0.25) is 14.4 Å². The van der Waals surface area contributed by atoms with Gasteiger partial charge in [0.05, 0.1) is 14.2 Å². The van der Waals surface area contributed by atoms with Crippen molar-refractivity contribution in [3.8, 4) is 0 Å². The van der Waals surface area contributed by atoms with Crippen LogP contribution in [0.3, 0.4) is 0 Å². The molecule has 0 fully saturated rings. The number of carbonyl (C=O) groups excluding carboxylic acids is 3. The molecule has 2 aliphatic rings. The predicted octanol–water partition coefficient (Wildman–Crippen LogP) is 1.57. The SMILES string of the molecule is COC(=O)C1(C(=O)OC)c2ccccc2N[C@@]12C(=O)N(C)c1ccccc12. The monoisotopic (exact) mass is 366 g/mol. The van der Waals surface area contributed by atoms with E-state index in [1.165, 1.54) is 19.1 Å². The summed E-state index contributed by atoms with van der Waals surface area (Å²) >= 11 is 0. The van der Waals surface area contributed by atoms with Gasteiger partial charge >= 0.3 is 11.9 Å². The molecule has 1 amide bonds. The normalized spacial score (nSPS) is 21.4. The summed E-state index contributed by atoms with van der Waals surface area (Å²) in [6.07, 6.45) is 0. The van der Waals surface area contributed by atoms with Gasteiger partial charge in [-0.05, 0) is 12.1 Å². The Balaban J connectivity index is 2.17. The predicted molar refractivity (Wildman–Crippen MR) is 97.3 cm³/mol. The Hall–Kier alpha value is -3.35. The van der Waals surface area contributed by atoms with Crippen molar-refractivity contribution in [2.24, 2.45) is 0 Å². The fourth-order valence-electron chi connectivity index (χ4n) is 4.38. The summed E-state index contributed by atoms with van der Waals surface area (Å²) in [4.78, 5) is 41.4. The molecule has 0 unspecified atom stereocenters. The highest BCUT2D eigenvalue weighted by Gasteiger charge is 2.76. The van der Waals surface area contributed by atoms with Crippen molar-refractivity contribution in [1.82, 2.24) is 0 Å². The summed E-state index contributed by atoms with van der Waals surface area (Å²) in [6.45, 7) is 0. The minimum absolute atomic E-state index is 0.349. The number of nitrogens with zero attached hydrogens (tertiary/aromatic N) is 1. The van der Waals surface area contributed by atoms with E-state index in [1.807, 2.05) is 0 Å². The maximum atomic E-state index is 13.6. The second-order valence-electron chi connectivity index (χ2n) is 6.54. The first-order valence-corrected chi connectivity index (χ1v) is 8.39. The Morgan fingerprint density at radius 1 is 0.926 bits per heavy atom. The van der Waals surface area contributed by atoms with Crippen molar-refractivity contribution in [1.29, 1.82) is 0 Å². The Morgan fingerprint density at radius 3 is 2.11 bits per heavy atom. The van der Waals surface area contributed by atoms with E-state index < -0.39 is 28.8 Å². The van der Waals surface area contributed by atoms with Crippen LogP contribution < -0.4 is 10.2 Å². The third-order valence-corrected chi connectivity index (χ3v) is 5.49. The van der Waals surface area contributed by atoms with Crippen LogP contribution in [0.25, 0.3) is 0 Å². The average Bonchev–Trinajstić information content (AvgIpc) is 3.14. The molecule has 2 aromatic rings. The van der Waals surface area contributed by atoms with Crippen LogP contribution in [-0.4, -0.2) is 39.1 Å². The molecule has 0 saturated carbocycles. The van der Waals surface area contributed by atoms with Crippen molar-refractivity contribution in [3.05, 3.63) is 59.7 Å². The van der Waals surface area contributed by atoms with Crippen LogP contribution in [0.5, 0.6) is 0 Å². The van der Waals surface area contributed by atoms with E-state index in [4.69, 9.17) is 9.47 Å². The fourth-order valence-corrected chi connectivity index (χ4v) is 4.38. The van der Waals surface area contributed by atoms with Crippen LogP contribution in [-0.2, 0) is 34.8 Å². The highest BCUT2D eigenvalue weighted by atomic mass is 16.5. The van der Waals surface area contributed by atoms with Crippen molar-refractivity contribution < 1.29 is 23.9 Å². The number of anilines is 2. The zero-order valence-corrected chi connectivity index (χ0v) is 15.1. The number of hydrogen-bond acceptors (Lipinski definition) is 6. The molecule has 1 spiro atoms. The number of amides is 1. The highest BCUT2D eigenvalue weighted by molar-refractivity contribution is 6.23. The van der Waals surface area contributed by atoms with E-state index in [2.05, 4.69) is 5.32 Å². The molecule has 1 N–H and O–H groups in total. The maximum Gasteiger partial charge on any atom is 0.331 e. The van der Waals surface area contributed by atoms with Gasteiger partial charge in [-0.1, -0.05) is 36.4 Å². The number of methoxy groups -OCH3 is 2. The van der Waals surface area contributed by atoms with E-state index in [0.29, 0.717) is 22.5 Å². The summed E-state index contributed by atoms with van der Waals surface area (Å²) in [7, 11) is 3.99. The third-order valence-electron chi connectivity index (χ3n) is 5.49. The van der Waals surface area contributed by atoms with Crippen LogP contribution in [0.15, 0.2) is 48.5 Å². The molecule has 0 aliphatic carbocycles. The molecule has 2 aromatic carbocycles. The molecule has 27 heavy (non-hydrogen) atoms. The molecule has 2 aliphatic heterocycles. The fraction of sp³-hybridized carbons (Fsp3) is 0.250. The lowest BCUT2D eigenvalue weighted by atomic mass is 9.64. The number of ether oxygens (including phenoxy) is 2. The first kappa shape index (κ1) is 17.1. The van der Waals surface area contributed by atoms with Gasteiger partial charge < -0.3 is 19.7 Å². The van der Waals surface area contributed by atoms with Crippen LogP contribution in [0.2, 0.25) is 0 Å². The van der Waals surface area contributed by atoms with Gasteiger partial charge in [0.1, 0.15) is 0 Å². The average molecular weight is 366 g/mol. The summed E-state index contributed by atoms with van der Waals surface area (Å²) in [5.74, 6) is -2.15. The number of fused-ring (bicyclic) bond motifs is 3. The second-order valence-corrected chi connectivity index (χ2v) is 6.54. The number of hydrogen-bond donors (Lipinski definition) is 1. The van der Waals surface area contributed by atoms with Crippen LogP contribution in [0.4, 0.5) is 11.4 Å². The Kier molecular flexibility index (Phi) is 3.53. The Bertz CT molecular complexity index is 970. The summed E-state index contributed by atoms with van der Waals surface area (Å²) in [5, 5.41) is 3.17. The van der Waals surface area contributed by atoms with Gasteiger partial charge in [-0.25, -0.2) is 0 Å². The largest absolute Gasteiger partial charge is 0.468 e. The van der Waals surface area contributed by atoms with Gasteiger partial charge in [0.15, 0.2) is 5.54 Å². The number of carbonyl (C=O) groups is 3. The molecular formula is C20H18N2O5. The first-order valence-electron chi connectivity index (χ1n) is 8.39. The molecule has 0 aromatic heterocycles. The van der Waals surface area contributed by atoms with E-state index >= 15 is 0 Å². The minimum atomic E-state index is -2.01.